The van der Waals surface area contributed by atoms with Crippen LogP contribution in [0.5, 0.6) is 5.75 Å². The highest BCUT2D eigenvalue weighted by molar-refractivity contribution is 5.97. The number of nitrogens with zero attached hydrogens (tertiary/aromatic N) is 3. The first-order chi connectivity index (χ1) is 15.1. The molecule has 1 aromatic carbocycles. The Balaban J connectivity index is 1.46. The number of aryl methyl sites for hydroxylation is 1. The molecular formula is C24H27N5O2. The van der Waals surface area contributed by atoms with E-state index in [0.29, 0.717) is 23.2 Å². The van der Waals surface area contributed by atoms with Crippen LogP contribution in [0.25, 0.3) is 22.1 Å². The maximum atomic E-state index is 6.22. The van der Waals surface area contributed by atoms with Gasteiger partial charge in [0.25, 0.3) is 0 Å². The maximum absolute atomic E-state index is 6.22. The van der Waals surface area contributed by atoms with E-state index in [0.717, 1.165) is 48.0 Å². The molecule has 31 heavy (non-hydrogen) atoms. The molecule has 0 radical (unpaired) electrons. The minimum absolute atomic E-state index is 0.188. The zero-order valence-electron chi connectivity index (χ0n) is 17.8. The number of nitrogens with two attached hydrogens (primary N) is 1. The molecule has 7 nitrogen and oxygen atoms in total. The van der Waals surface area contributed by atoms with Gasteiger partial charge in [0.1, 0.15) is 12.4 Å². The van der Waals surface area contributed by atoms with Crippen LogP contribution in [-0.4, -0.2) is 27.9 Å². The van der Waals surface area contributed by atoms with E-state index in [1.54, 1.807) is 12.5 Å². The smallest absolute Gasteiger partial charge is 0.205 e. The zero-order chi connectivity index (χ0) is 21.4. The van der Waals surface area contributed by atoms with Crippen molar-refractivity contribution in [3.63, 3.8) is 0 Å². The number of hydrogen-bond donors (Lipinski definition) is 2. The molecule has 3 aromatic heterocycles. The predicted molar refractivity (Wildman–Crippen MR) is 121 cm³/mol. The monoisotopic (exact) mass is 417 g/mol. The Labute approximate surface area is 181 Å². The molecule has 160 valence electrons. The Morgan fingerprint density at radius 2 is 1.97 bits per heavy atom. The van der Waals surface area contributed by atoms with Gasteiger partial charge >= 0.3 is 0 Å². The van der Waals surface area contributed by atoms with E-state index in [9.17, 15) is 0 Å². The van der Waals surface area contributed by atoms with Gasteiger partial charge in [0, 0.05) is 23.5 Å². The van der Waals surface area contributed by atoms with E-state index in [1.807, 2.05) is 13.1 Å². The van der Waals surface area contributed by atoms with Crippen molar-refractivity contribution in [2.24, 2.45) is 0 Å². The van der Waals surface area contributed by atoms with Crippen LogP contribution in [0.2, 0.25) is 0 Å². The molecule has 1 saturated heterocycles. The second kappa shape index (κ2) is 8.07. The van der Waals surface area contributed by atoms with Crippen molar-refractivity contribution in [3.05, 3.63) is 60.2 Å². The van der Waals surface area contributed by atoms with Crippen molar-refractivity contribution in [1.82, 2.24) is 20.1 Å². The van der Waals surface area contributed by atoms with Crippen LogP contribution in [0.15, 0.2) is 53.5 Å². The summed E-state index contributed by atoms with van der Waals surface area (Å²) >= 11 is 0. The Morgan fingerprint density at radius 1 is 1.19 bits per heavy atom. The van der Waals surface area contributed by atoms with Gasteiger partial charge in [-0.15, -0.1) is 0 Å². The van der Waals surface area contributed by atoms with Gasteiger partial charge in [-0.2, -0.15) is 5.10 Å². The minimum atomic E-state index is -0.188. The van der Waals surface area contributed by atoms with Gasteiger partial charge in [-0.1, -0.05) is 29.8 Å². The van der Waals surface area contributed by atoms with Crippen LogP contribution in [-0.2, 0) is 0 Å². The number of anilines is 1. The summed E-state index contributed by atoms with van der Waals surface area (Å²) in [5, 5.41) is 8.87. The summed E-state index contributed by atoms with van der Waals surface area (Å²) in [5.74, 6) is 0.792. The molecule has 7 heteroatoms. The van der Waals surface area contributed by atoms with E-state index in [1.165, 1.54) is 5.56 Å². The lowest BCUT2D eigenvalue weighted by Gasteiger charge is -2.22. The number of nitrogen functional groups attached to an aromatic ring is 1. The molecule has 1 aliphatic heterocycles. The Morgan fingerprint density at radius 3 is 2.74 bits per heavy atom. The Kier molecular flexibility index (Phi) is 5.11. The summed E-state index contributed by atoms with van der Waals surface area (Å²) in [6.07, 6.45) is 9.44. The molecule has 5 rings (SSSR count). The molecule has 0 aliphatic carbocycles. The van der Waals surface area contributed by atoms with Crippen LogP contribution in [0.1, 0.15) is 43.0 Å². The van der Waals surface area contributed by atoms with Crippen molar-refractivity contribution < 1.29 is 9.15 Å². The fourth-order valence-electron chi connectivity index (χ4n) is 4.15. The lowest BCUT2D eigenvalue weighted by Crippen LogP contribution is -2.29. The fourth-order valence-corrected chi connectivity index (χ4v) is 4.15. The number of fused-ring (bicyclic) bond motifs is 1. The predicted octanol–water partition coefficient (Wildman–Crippen LogP) is 4.65. The third-order valence-corrected chi connectivity index (χ3v) is 6.04. The first-order valence-electron chi connectivity index (χ1n) is 10.7. The molecule has 0 amide bonds. The second-order valence-electron chi connectivity index (χ2n) is 8.23. The summed E-state index contributed by atoms with van der Waals surface area (Å²) < 4.78 is 14.2. The maximum Gasteiger partial charge on any atom is 0.205 e. The number of furan rings is 1. The number of nitrogens with one attached hydrogen (secondary N) is 1. The average Bonchev–Trinajstić information content (AvgIpc) is 3.44. The van der Waals surface area contributed by atoms with Crippen molar-refractivity contribution in [2.75, 3.05) is 18.8 Å². The number of aromatic nitrogens is 3. The highest BCUT2D eigenvalue weighted by Crippen LogP contribution is 2.39. The standard InChI is InChI=1S/C24H27N5O2/c1-15-3-5-17(6-4-15)16(2)31-23-22-20(12-27-24(23)25)21(14-30-22)18-11-28-29(13-18)19-7-9-26-10-8-19/h3-6,11-14,16,19,26H,7-10H2,1-2H3,(H2,25,27). The molecule has 1 fully saturated rings. The van der Waals surface area contributed by atoms with Gasteiger partial charge in [0.2, 0.25) is 5.75 Å². The summed E-state index contributed by atoms with van der Waals surface area (Å²) in [5.41, 5.74) is 11.0. The zero-order valence-corrected chi connectivity index (χ0v) is 17.8. The Bertz CT molecular complexity index is 1190. The van der Waals surface area contributed by atoms with Crippen LogP contribution in [0.3, 0.4) is 0 Å². The summed E-state index contributed by atoms with van der Waals surface area (Å²) in [4.78, 5) is 4.38. The van der Waals surface area contributed by atoms with Crippen LogP contribution < -0.4 is 15.8 Å². The first kappa shape index (κ1) is 19.6. The number of benzene rings is 1. The summed E-state index contributed by atoms with van der Waals surface area (Å²) in [6, 6.07) is 8.69. The summed E-state index contributed by atoms with van der Waals surface area (Å²) in [7, 11) is 0. The topological polar surface area (TPSA) is 91.1 Å². The largest absolute Gasteiger partial charge is 0.479 e. The van der Waals surface area contributed by atoms with E-state index in [4.69, 9.17) is 14.9 Å². The van der Waals surface area contributed by atoms with Crippen molar-refractivity contribution >= 4 is 16.8 Å². The number of piperidine rings is 1. The van der Waals surface area contributed by atoms with Crippen molar-refractivity contribution in [1.29, 1.82) is 0 Å². The van der Waals surface area contributed by atoms with E-state index in [2.05, 4.69) is 57.5 Å². The molecule has 1 unspecified atom stereocenters. The van der Waals surface area contributed by atoms with Gasteiger partial charge in [0.05, 0.1) is 17.6 Å². The van der Waals surface area contributed by atoms with Gasteiger partial charge in [0.15, 0.2) is 11.4 Å². The molecule has 0 saturated carbocycles. The number of ether oxygens (including phenoxy) is 1. The normalized spacial score (nSPS) is 15.9. The SMILES string of the molecule is Cc1ccc(C(C)Oc2c(N)ncc3c(-c4cnn(C5CCNCC5)c4)coc23)cc1. The molecule has 0 spiro atoms. The number of hydrogen-bond acceptors (Lipinski definition) is 6. The molecule has 1 atom stereocenters. The van der Waals surface area contributed by atoms with Crippen molar-refractivity contribution in [3.8, 4) is 16.9 Å². The molecule has 1 aliphatic rings. The van der Waals surface area contributed by atoms with Crippen LogP contribution in [0, 0.1) is 6.92 Å². The second-order valence-corrected chi connectivity index (χ2v) is 8.23. The molecule has 3 N–H and O–H groups in total. The average molecular weight is 418 g/mol. The molecular weight excluding hydrogens is 390 g/mol. The van der Waals surface area contributed by atoms with Crippen LogP contribution in [0.4, 0.5) is 5.82 Å². The molecule has 0 bridgehead atoms. The molecule has 4 heterocycles. The Hall–Kier alpha value is -3.32. The van der Waals surface area contributed by atoms with Crippen LogP contribution >= 0.6 is 0 Å². The minimum Gasteiger partial charge on any atom is -0.479 e. The van der Waals surface area contributed by atoms with Gasteiger partial charge in [-0.3, -0.25) is 4.68 Å². The number of rotatable bonds is 5. The third-order valence-electron chi connectivity index (χ3n) is 6.04. The van der Waals surface area contributed by atoms with E-state index in [-0.39, 0.29) is 6.10 Å². The third kappa shape index (κ3) is 3.77. The van der Waals surface area contributed by atoms with Crippen molar-refractivity contribution in [2.45, 2.75) is 38.8 Å². The highest BCUT2D eigenvalue weighted by atomic mass is 16.5. The lowest BCUT2D eigenvalue weighted by molar-refractivity contribution is 0.227. The summed E-state index contributed by atoms with van der Waals surface area (Å²) in [6.45, 7) is 6.11. The fraction of sp³-hybridized carbons (Fsp3) is 0.333. The van der Waals surface area contributed by atoms with Gasteiger partial charge in [-0.25, -0.2) is 4.98 Å². The van der Waals surface area contributed by atoms with Gasteiger partial charge in [-0.05, 0) is 45.3 Å². The van der Waals surface area contributed by atoms with Gasteiger partial charge < -0.3 is 20.2 Å². The quantitative estimate of drug-likeness (QED) is 0.491. The lowest BCUT2D eigenvalue weighted by atomic mass is 10.1. The van der Waals surface area contributed by atoms with E-state index >= 15 is 0 Å². The molecule has 4 aromatic rings. The first-order valence-corrected chi connectivity index (χ1v) is 10.7. The number of pyridine rings is 1. The van der Waals surface area contributed by atoms with E-state index < -0.39 is 0 Å². The highest BCUT2D eigenvalue weighted by Gasteiger charge is 2.21.